The molecule has 0 aliphatic carbocycles. The molecule has 0 radical (unpaired) electrons. The minimum Gasteiger partial charge on any atom is -0.306 e. The third-order valence-electron chi connectivity index (χ3n) is 5.20. The average molecular weight is 277 g/mol. The second-order valence-corrected chi connectivity index (χ2v) is 6.15. The van der Waals surface area contributed by atoms with Crippen molar-refractivity contribution in [2.24, 2.45) is 5.41 Å². The maximum atomic E-state index is 12.8. The maximum Gasteiger partial charge on any atom is 0.237 e. The van der Waals surface area contributed by atoms with Gasteiger partial charge >= 0.3 is 0 Å². The number of imide groups is 1. The van der Waals surface area contributed by atoms with E-state index in [-0.39, 0.29) is 18.2 Å². The molecule has 0 bridgehead atoms. The van der Waals surface area contributed by atoms with Crippen LogP contribution in [0.3, 0.4) is 0 Å². The Bertz CT molecular complexity index is 454. The van der Waals surface area contributed by atoms with E-state index >= 15 is 0 Å². The summed E-state index contributed by atoms with van der Waals surface area (Å²) in [5.41, 5.74) is -1.50. The van der Waals surface area contributed by atoms with Crippen molar-refractivity contribution in [2.45, 2.75) is 51.5 Å². The Labute approximate surface area is 120 Å². The molecular weight excluding hydrogens is 254 g/mol. The quantitative estimate of drug-likeness (QED) is 0.734. The molecular formula is C15H23N3O2. The first-order valence-electron chi connectivity index (χ1n) is 7.42. The number of nitriles is 1. The number of likely N-dealkylation sites (tertiary alicyclic amines) is 2. The van der Waals surface area contributed by atoms with Crippen LogP contribution in [0, 0.1) is 16.7 Å². The first kappa shape index (κ1) is 15.0. The molecule has 0 aromatic heterocycles. The highest BCUT2D eigenvalue weighted by atomic mass is 16.2. The van der Waals surface area contributed by atoms with Gasteiger partial charge in [0.15, 0.2) is 0 Å². The van der Waals surface area contributed by atoms with Gasteiger partial charge in [0, 0.05) is 19.5 Å². The number of carbonyl (C=O) groups is 2. The lowest BCUT2D eigenvalue weighted by Gasteiger charge is -2.41. The number of piperidine rings is 1. The van der Waals surface area contributed by atoms with Crippen LogP contribution < -0.4 is 0 Å². The number of rotatable bonds is 3. The van der Waals surface area contributed by atoms with Crippen molar-refractivity contribution in [1.29, 1.82) is 5.26 Å². The summed E-state index contributed by atoms with van der Waals surface area (Å²) < 4.78 is 0. The number of amides is 2. The summed E-state index contributed by atoms with van der Waals surface area (Å²) in [6.45, 7) is 5.39. The van der Waals surface area contributed by atoms with Crippen molar-refractivity contribution in [3.05, 3.63) is 0 Å². The molecule has 0 aromatic rings. The van der Waals surface area contributed by atoms with E-state index in [1.807, 2.05) is 20.9 Å². The Kier molecular flexibility index (Phi) is 3.88. The van der Waals surface area contributed by atoms with Crippen LogP contribution in [0.1, 0.15) is 46.0 Å². The molecule has 110 valence electrons. The predicted molar refractivity (Wildman–Crippen MR) is 74.6 cm³/mol. The largest absolute Gasteiger partial charge is 0.306 e. The molecule has 5 nitrogen and oxygen atoms in total. The molecule has 0 saturated carbocycles. The zero-order valence-electron chi connectivity index (χ0n) is 12.6. The van der Waals surface area contributed by atoms with Crippen LogP contribution in [0.15, 0.2) is 0 Å². The van der Waals surface area contributed by atoms with E-state index in [1.165, 1.54) is 4.90 Å². The molecule has 0 aromatic carbocycles. The smallest absolute Gasteiger partial charge is 0.237 e. The predicted octanol–water partition coefficient (Wildman–Crippen LogP) is 1.54. The average Bonchev–Trinajstić information content (AvgIpc) is 2.72. The minimum atomic E-state index is -0.924. The molecule has 2 fully saturated rings. The van der Waals surface area contributed by atoms with Gasteiger partial charge in [0.2, 0.25) is 11.8 Å². The van der Waals surface area contributed by atoms with E-state index in [0.717, 1.165) is 13.1 Å². The summed E-state index contributed by atoms with van der Waals surface area (Å²) in [6, 6.07) is 2.28. The molecule has 2 amide bonds. The van der Waals surface area contributed by atoms with Crippen LogP contribution in [0.2, 0.25) is 0 Å². The molecule has 2 rings (SSSR count). The fourth-order valence-electron chi connectivity index (χ4n) is 3.40. The van der Waals surface area contributed by atoms with Crippen molar-refractivity contribution >= 4 is 11.8 Å². The van der Waals surface area contributed by atoms with Gasteiger partial charge in [0.25, 0.3) is 0 Å². The third-order valence-corrected chi connectivity index (χ3v) is 5.20. The van der Waals surface area contributed by atoms with Gasteiger partial charge in [-0.25, -0.2) is 0 Å². The summed E-state index contributed by atoms with van der Waals surface area (Å²) in [7, 11) is 2.00. The van der Waals surface area contributed by atoms with Crippen molar-refractivity contribution in [3.63, 3.8) is 0 Å². The first-order chi connectivity index (χ1) is 9.44. The Balaban J connectivity index is 2.34. The van der Waals surface area contributed by atoms with Gasteiger partial charge in [-0.15, -0.1) is 0 Å². The zero-order chi connectivity index (χ0) is 15.0. The molecule has 0 unspecified atom stereocenters. The summed E-state index contributed by atoms with van der Waals surface area (Å²) in [4.78, 5) is 28.6. The van der Waals surface area contributed by atoms with E-state index < -0.39 is 11.0 Å². The molecule has 0 spiro atoms. The Hall–Kier alpha value is -1.41. The summed E-state index contributed by atoms with van der Waals surface area (Å²) >= 11 is 0. The van der Waals surface area contributed by atoms with Gasteiger partial charge in [-0.05, 0) is 32.7 Å². The minimum absolute atomic E-state index is 0.126. The van der Waals surface area contributed by atoms with Crippen molar-refractivity contribution in [1.82, 2.24) is 9.80 Å². The van der Waals surface area contributed by atoms with Crippen molar-refractivity contribution in [3.8, 4) is 6.07 Å². The second kappa shape index (κ2) is 5.17. The van der Waals surface area contributed by atoms with Crippen LogP contribution in [0.25, 0.3) is 0 Å². The van der Waals surface area contributed by atoms with Gasteiger partial charge in [0.05, 0.1) is 11.5 Å². The Morgan fingerprint density at radius 3 is 2.15 bits per heavy atom. The molecule has 0 N–H and O–H groups in total. The van der Waals surface area contributed by atoms with E-state index in [2.05, 4.69) is 11.0 Å². The molecule has 20 heavy (non-hydrogen) atoms. The van der Waals surface area contributed by atoms with Crippen LogP contribution in [0.5, 0.6) is 0 Å². The van der Waals surface area contributed by atoms with E-state index in [4.69, 9.17) is 0 Å². The van der Waals surface area contributed by atoms with Crippen molar-refractivity contribution in [2.75, 3.05) is 20.1 Å². The highest BCUT2D eigenvalue weighted by molar-refractivity contribution is 6.07. The molecule has 2 heterocycles. The topological polar surface area (TPSA) is 64.4 Å². The molecule has 5 heteroatoms. The summed E-state index contributed by atoms with van der Waals surface area (Å²) in [5, 5.41) is 9.62. The Morgan fingerprint density at radius 1 is 1.20 bits per heavy atom. The number of hydrogen-bond donors (Lipinski definition) is 0. The van der Waals surface area contributed by atoms with Crippen molar-refractivity contribution < 1.29 is 9.59 Å². The van der Waals surface area contributed by atoms with Gasteiger partial charge in [0.1, 0.15) is 5.54 Å². The third kappa shape index (κ3) is 2.03. The van der Waals surface area contributed by atoms with Crippen LogP contribution in [-0.4, -0.2) is 47.3 Å². The summed E-state index contributed by atoms with van der Waals surface area (Å²) in [6.07, 6.45) is 2.69. The molecule has 0 atom stereocenters. The van der Waals surface area contributed by atoms with Gasteiger partial charge in [-0.2, -0.15) is 5.26 Å². The van der Waals surface area contributed by atoms with Gasteiger partial charge in [-0.1, -0.05) is 13.8 Å². The van der Waals surface area contributed by atoms with E-state index in [0.29, 0.717) is 25.7 Å². The fraction of sp³-hybridized carbons (Fsp3) is 0.800. The number of nitrogens with zero attached hydrogens (tertiary/aromatic N) is 3. The monoisotopic (exact) mass is 277 g/mol. The highest BCUT2D eigenvalue weighted by Gasteiger charge is 2.57. The SMILES string of the molecule is CCC1(CC)CC(=O)N(C2(C#N)CCN(C)CC2)C1=O. The van der Waals surface area contributed by atoms with Gasteiger partial charge in [-0.3, -0.25) is 14.5 Å². The van der Waals surface area contributed by atoms with Gasteiger partial charge < -0.3 is 4.90 Å². The normalized spacial score (nSPS) is 25.8. The zero-order valence-corrected chi connectivity index (χ0v) is 12.6. The molecule has 2 aliphatic heterocycles. The highest BCUT2D eigenvalue weighted by Crippen LogP contribution is 2.44. The summed E-state index contributed by atoms with van der Waals surface area (Å²) in [5.74, 6) is -0.289. The first-order valence-corrected chi connectivity index (χ1v) is 7.42. The van der Waals surface area contributed by atoms with Crippen LogP contribution in [-0.2, 0) is 9.59 Å². The molecule has 2 saturated heterocycles. The van der Waals surface area contributed by atoms with E-state index in [1.54, 1.807) is 0 Å². The Morgan fingerprint density at radius 2 is 1.75 bits per heavy atom. The number of carbonyl (C=O) groups excluding carboxylic acids is 2. The lowest BCUT2D eigenvalue weighted by molar-refractivity contribution is -0.148. The molecule has 2 aliphatic rings. The van der Waals surface area contributed by atoms with Crippen LogP contribution in [0.4, 0.5) is 0 Å². The second-order valence-electron chi connectivity index (χ2n) is 6.15. The lowest BCUT2D eigenvalue weighted by atomic mass is 9.80. The fourth-order valence-corrected chi connectivity index (χ4v) is 3.40. The number of hydrogen-bond acceptors (Lipinski definition) is 4. The maximum absolute atomic E-state index is 12.8. The lowest BCUT2D eigenvalue weighted by Crippen LogP contribution is -2.57. The standard InChI is InChI=1S/C15H23N3O2/c1-4-14(5-2)10-12(19)18(13(14)20)15(11-16)6-8-17(3)9-7-15/h4-10H2,1-3H3. The van der Waals surface area contributed by atoms with Crippen LogP contribution >= 0.6 is 0 Å². The van der Waals surface area contributed by atoms with E-state index in [9.17, 15) is 14.9 Å².